The average Bonchev–Trinajstić information content (AvgIpc) is 2.70. The number of thiophene rings is 1. The molecule has 86 valence electrons. The predicted octanol–water partition coefficient (Wildman–Crippen LogP) is 2.53. The molecule has 15 heavy (non-hydrogen) atoms. The van der Waals surface area contributed by atoms with Crippen molar-refractivity contribution in [2.75, 3.05) is 13.1 Å². The zero-order valence-corrected chi connectivity index (χ0v) is 10.4. The van der Waals surface area contributed by atoms with E-state index in [1.54, 1.807) is 0 Å². The zero-order chi connectivity index (χ0) is 10.9. The van der Waals surface area contributed by atoms with Crippen molar-refractivity contribution in [3.8, 4) is 0 Å². The van der Waals surface area contributed by atoms with Crippen LogP contribution in [-0.4, -0.2) is 13.1 Å². The van der Waals surface area contributed by atoms with Gasteiger partial charge in [-0.05, 0) is 49.4 Å². The molecule has 0 amide bonds. The summed E-state index contributed by atoms with van der Waals surface area (Å²) < 4.78 is 0. The van der Waals surface area contributed by atoms with Crippen LogP contribution in [0.25, 0.3) is 0 Å². The fourth-order valence-corrected chi connectivity index (χ4v) is 2.56. The van der Waals surface area contributed by atoms with E-state index >= 15 is 0 Å². The molecule has 0 saturated carbocycles. The van der Waals surface area contributed by atoms with Crippen molar-refractivity contribution in [3.05, 3.63) is 21.9 Å². The number of nitrogens with two attached hydrogens (primary N) is 1. The van der Waals surface area contributed by atoms with E-state index in [0.717, 1.165) is 32.5 Å². The molecule has 0 aliphatic carbocycles. The maximum Gasteiger partial charge on any atom is 0.0302 e. The number of hydrogen-bond acceptors (Lipinski definition) is 3. The summed E-state index contributed by atoms with van der Waals surface area (Å²) in [7, 11) is 0. The molecule has 0 atom stereocenters. The highest BCUT2D eigenvalue weighted by atomic mass is 32.1. The minimum Gasteiger partial charge on any atom is -0.330 e. The molecule has 1 heterocycles. The van der Waals surface area contributed by atoms with Gasteiger partial charge >= 0.3 is 0 Å². The first-order chi connectivity index (χ1) is 7.38. The van der Waals surface area contributed by atoms with Crippen LogP contribution in [0, 0.1) is 0 Å². The standard InChI is InChI=1S/C12H22N2S/c1-2-11-6-9-15-12(11)10-14-8-5-3-4-7-13/h6,9,14H,2-5,7-8,10,13H2,1H3. The van der Waals surface area contributed by atoms with E-state index < -0.39 is 0 Å². The summed E-state index contributed by atoms with van der Waals surface area (Å²) in [6.45, 7) is 5.18. The van der Waals surface area contributed by atoms with Crippen LogP contribution < -0.4 is 11.1 Å². The molecule has 3 heteroatoms. The summed E-state index contributed by atoms with van der Waals surface area (Å²) in [6, 6.07) is 2.23. The highest BCUT2D eigenvalue weighted by Gasteiger charge is 2.00. The SMILES string of the molecule is CCc1ccsc1CNCCCCCN. The van der Waals surface area contributed by atoms with Crippen molar-refractivity contribution < 1.29 is 0 Å². The third-order valence-electron chi connectivity index (χ3n) is 2.56. The monoisotopic (exact) mass is 226 g/mol. The van der Waals surface area contributed by atoms with E-state index in [1.165, 1.54) is 23.3 Å². The third kappa shape index (κ3) is 4.78. The molecule has 0 fully saturated rings. The van der Waals surface area contributed by atoms with Crippen molar-refractivity contribution in [2.45, 2.75) is 39.2 Å². The minimum atomic E-state index is 0.824. The Hall–Kier alpha value is -0.380. The number of nitrogens with one attached hydrogen (secondary N) is 1. The molecular formula is C12H22N2S. The molecule has 2 nitrogen and oxygen atoms in total. The second-order valence-corrected chi connectivity index (χ2v) is 4.75. The number of hydrogen-bond donors (Lipinski definition) is 2. The molecule has 0 radical (unpaired) electrons. The van der Waals surface area contributed by atoms with Crippen molar-refractivity contribution in [1.82, 2.24) is 5.32 Å². The van der Waals surface area contributed by atoms with Gasteiger partial charge in [0.15, 0.2) is 0 Å². The Kier molecular flexibility index (Phi) is 6.64. The smallest absolute Gasteiger partial charge is 0.0302 e. The maximum atomic E-state index is 5.44. The van der Waals surface area contributed by atoms with Gasteiger partial charge in [0, 0.05) is 11.4 Å². The van der Waals surface area contributed by atoms with Crippen LogP contribution in [0.2, 0.25) is 0 Å². The highest BCUT2D eigenvalue weighted by Crippen LogP contribution is 2.16. The molecular weight excluding hydrogens is 204 g/mol. The largest absolute Gasteiger partial charge is 0.330 e. The lowest BCUT2D eigenvalue weighted by Crippen LogP contribution is -2.15. The first-order valence-electron chi connectivity index (χ1n) is 5.84. The molecule has 1 rings (SSSR count). The van der Waals surface area contributed by atoms with Gasteiger partial charge in [-0.2, -0.15) is 0 Å². The maximum absolute atomic E-state index is 5.44. The van der Waals surface area contributed by atoms with Crippen molar-refractivity contribution in [1.29, 1.82) is 0 Å². The molecule has 0 aliphatic heterocycles. The van der Waals surface area contributed by atoms with Crippen molar-refractivity contribution in [2.24, 2.45) is 5.73 Å². The first kappa shape index (κ1) is 12.7. The van der Waals surface area contributed by atoms with E-state index in [-0.39, 0.29) is 0 Å². The van der Waals surface area contributed by atoms with Gasteiger partial charge < -0.3 is 11.1 Å². The lowest BCUT2D eigenvalue weighted by Gasteiger charge is -2.04. The van der Waals surface area contributed by atoms with Gasteiger partial charge in [0.25, 0.3) is 0 Å². The molecule has 0 aromatic carbocycles. The third-order valence-corrected chi connectivity index (χ3v) is 3.53. The van der Waals surface area contributed by atoms with E-state index in [1.807, 2.05) is 11.3 Å². The van der Waals surface area contributed by atoms with Crippen molar-refractivity contribution in [3.63, 3.8) is 0 Å². The van der Waals surface area contributed by atoms with Crippen LogP contribution in [0.3, 0.4) is 0 Å². The summed E-state index contributed by atoms with van der Waals surface area (Å²) >= 11 is 1.86. The van der Waals surface area contributed by atoms with Crippen LogP contribution in [-0.2, 0) is 13.0 Å². The van der Waals surface area contributed by atoms with Gasteiger partial charge in [0.2, 0.25) is 0 Å². The van der Waals surface area contributed by atoms with Crippen molar-refractivity contribution >= 4 is 11.3 Å². The number of aryl methyl sites for hydroxylation is 1. The topological polar surface area (TPSA) is 38.0 Å². The fraction of sp³-hybridized carbons (Fsp3) is 0.667. The van der Waals surface area contributed by atoms with E-state index in [9.17, 15) is 0 Å². The Morgan fingerprint density at radius 1 is 1.33 bits per heavy atom. The summed E-state index contributed by atoms with van der Waals surface area (Å²) in [5.74, 6) is 0. The quantitative estimate of drug-likeness (QED) is 0.669. The average molecular weight is 226 g/mol. The van der Waals surface area contributed by atoms with Gasteiger partial charge in [-0.15, -0.1) is 11.3 Å². The first-order valence-corrected chi connectivity index (χ1v) is 6.72. The van der Waals surface area contributed by atoms with E-state index in [4.69, 9.17) is 5.73 Å². The summed E-state index contributed by atoms with van der Waals surface area (Å²) in [6.07, 6.45) is 4.78. The predicted molar refractivity (Wildman–Crippen MR) is 68.3 cm³/mol. The van der Waals surface area contributed by atoms with Crippen LogP contribution in [0.1, 0.15) is 36.6 Å². The Labute approximate surface area is 96.9 Å². The summed E-state index contributed by atoms with van der Waals surface area (Å²) in [5.41, 5.74) is 6.93. The van der Waals surface area contributed by atoms with Crippen LogP contribution in [0.5, 0.6) is 0 Å². The Bertz CT molecular complexity index is 258. The summed E-state index contributed by atoms with van der Waals surface area (Å²) in [4.78, 5) is 1.50. The van der Waals surface area contributed by atoms with E-state index in [2.05, 4.69) is 23.7 Å². The molecule has 0 spiro atoms. The lowest BCUT2D eigenvalue weighted by atomic mass is 10.2. The van der Waals surface area contributed by atoms with Gasteiger partial charge in [0.05, 0.1) is 0 Å². The Morgan fingerprint density at radius 3 is 2.93 bits per heavy atom. The Morgan fingerprint density at radius 2 is 2.20 bits per heavy atom. The number of rotatable bonds is 8. The van der Waals surface area contributed by atoms with Gasteiger partial charge in [-0.3, -0.25) is 0 Å². The molecule has 3 N–H and O–H groups in total. The zero-order valence-electron chi connectivity index (χ0n) is 9.59. The van der Waals surface area contributed by atoms with Gasteiger partial charge in [-0.1, -0.05) is 13.3 Å². The second kappa shape index (κ2) is 7.85. The molecule has 0 saturated heterocycles. The molecule has 0 aliphatic rings. The molecule has 0 bridgehead atoms. The van der Waals surface area contributed by atoms with Crippen LogP contribution >= 0.6 is 11.3 Å². The molecule has 1 aromatic heterocycles. The minimum absolute atomic E-state index is 0.824. The van der Waals surface area contributed by atoms with E-state index in [0.29, 0.717) is 0 Å². The van der Waals surface area contributed by atoms with Gasteiger partial charge in [-0.25, -0.2) is 0 Å². The summed E-state index contributed by atoms with van der Waals surface area (Å²) in [5, 5.41) is 5.68. The fourth-order valence-electron chi connectivity index (χ4n) is 1.61. The molecule has 0 unspecified atom stereocenters. The normalized spacial score (nSPS) is 10.8. The van der Waals surface area contributed by atoms with Gasteiger partial charge in [0.1, 0.15) is 0 Å². The second-order valence-electron chi connectivity index (χ2n) is 3.75. The highest BCUT2D eigenvalue weighted by molar-refractivity contribution is 7.10. The van der Waals surface area contributed by atoms with Crippen LogP contribution in [0.15, 0.2) is 11.4 Å². The lowest BCUT2D eigenvalue weighted by molar-refractivity contribution is 0.608. The number of unbranched alkanes of at least 4 members (excludes halogenated alkanes) is 2. The molecule has 1 aromatic rings. The Balaban J connectivity index is 2.09. The van der Waals surface area contributed by atoms with Crippen LogP contribution in [0.4, 0.5) is 0 Å².